The van der Waals surface area contributed by atoms with Crippen LogP contribution in [0, 0.1) is 6.92 Å². The average Bonchev–Trinajstić information content (AvgIpc) is 2.78. The van der Waals surface area contributed by atoms with E-state index < -0.39 is 12.1 Å². The first-order valence-electron chi connectivity index (χ1n) is 9.89. The highest BCUT2D eigenvalue weighted by atomic mass is 32.2. The highest BCUT2D eigenvalue weighted by molar-refractivity contribution is 8.13. The van der Waals surface area contributed by atoms with Crippen molar-refractivity contribution in [1.29, 1.82) is 0 Å². The van der Waals surface area contributed by atoms with E-state index in [9.17, 15) is 9.59 Å². The van der Waals surface area contributed by atoms with Gasteiger partial charge in [-0.2, -0.15) is 0 Å². The number of alkyl carbamates (subject to hydrolysis) is 1. The second-order valence-electron chi connectivity index (χ2n) is 7.02. The Labute approximate surface area is 181 Å². The normalized spacial score (nSPS) is 11.5. The number of nitrogens with one attached hydrogen (secondary N) is 1. The van der Waals surface area contributed by atoms with E-state index in [4.69, 9.17) is 4.74 Å². The van der Waals surface area contributed by atoms with E-state index in [2.05, 4.69) is 5.32 Å². The predicted octanol–water partition coefficient (Wildman–Crippen LogP) is 5.54. The van der Waals surface area contributed by atoms with E-state index in [0.717, 1.165) is 33.3 Å². The van der Waals surface area contributed by atoms with Crippen LogP contribution in [0.5, 0.6) is 0 Å². The molecule has 1 atom stereocenters. The van der Waals surface area contributed by atoms with Crippen molar-refractivity contribution >= 4 is 23.0 Å². The van der Waals surface area contributed by atoms with Crippen molar-refractivity contribution in [2.45, 2.75) is 37.3 Å². The highest BCUT2D eigenvalue weighted by Crippen LogP contribution is 2.22. The third kappa shape index (κ3) is 7.08. The molecule has 0 spiro atoms. The molecule has 30 heavy (non-hydrogen) atoms. The van der Waals surface area contributed by atoms with Gasteiger partial charge in [-0.05, 0) is 54.8 Å². The van der Waals surface area contributed by atoms with Gasteiger partial charge in [0.2, 0.25) is 5.12 Å². The number of rotatable bonds is 8. The van der Waals surface area contributed by atoms with Gasteiger partial charge in [0, 0.05) is 4.90 Å². The molecule has 0 aliphatic heterocycles. The molecule has 0 saturated heterocycles. The molecule has 0 aliphatic carbocycles. The fourth-order valence-electron chi connectivity index (χ4n) is 2.91. The van der Waals surface area contributed by atoms with Gasteiger partial charge in [-0.15, -0.1) is 0 Å². The molecule has 154 valence electrons. The summed E-state index contributed by atoms with van der Waals surface area (Å²) in [6, 6.07) is 26.5. The molecule has 0 saturated carbocycles. The lowest BCUT2D eigenvalue weighted by molar-refractivity contribution is -0.112. The lowest BCUT2D eigenvalue weighted by Gasteiger charge is -2.17. The Kier molecular flexibility index (Phi) is 8.10. The Morgan fingerprint density at radius 2 is 1.47 bits per heavy atom. The van der Waals surface area contributed by atoms with Crippen molar-refractivity contribution < 1.29 is 14.3 Å². The molecular formula is C25H25NO3S. The molecule has 1 unspecified atom stereocenters. The third-order valence-corrected chi connectivity index (χ3v) is 5.59. The molecule has 0 aromatic heterocycles. The average molecular weight is 420 g/mol. The number of hydrogen-bond acceptors (Lipinski definition) is 4. The van der Waals surface area contributed by atoms with Gasteiger partial charge in [0.25, 0.3) is 0 Å². The van der Waals surface area contributed by atoms with Crippen molar-refractivity contribution in [2.75, 3.05) is 0 Å². The molecule has 1 N–H and O–H groups in total. The molecule has 3 aromatic rings. The molecule has 0 bridgehead atoms. The number of carbonyl (C=O) groups excluding carboxylic acids is 2. The van der Waals surface area contributed by atoms with Gasteiger partial charge >= 0.3 is 6.09 Å². The largest absolute Gasteiger partial charge is 0.445 e. The zero-order chi connectivity index (χ0) is 21.2. The van der Waals surface area contributed by atoms with Crippen molar-refractivity contribution in [2.24, 2.45) is 0 Å². The molecule has 0 fully saturated rings. The standard InChI is InChI=1S/C25H25NO3S/c1-19-12-15-22(16-13-19)30-24(27)23(17-14-20-8-4-2-5-9-20)26-25(28)29-18-21-10-6-3-7-11-21/h2-13,15-16,23H,14,17-18H2,1H3,(H,26,28). The van der Waals surface area contributed by atoms with Crippen LogP contribution in [0.25, 0.3) is 0 Å². The fraction of sp³-hybridized carbons (Fsp3) is 0.200. The van der Waals surface area contributed by atoms with E-state index in [1.807, 2.05) is 91.9 Å². The monoisotopic (exact) mass is 419 g/mol. The van der Waals surface area contributed by atoms with Crippen LogP contribution in [0.15, 0.2) is 89.8 Å². The maximum absolute atomic E-state index is 12.9. The minimum atomic E-state index is -0.639. The summed E-state index contributed by atoms with van der Waals surface area (Å²) in [5.74, 6) is 0. The van der Waals surface area contributed by atoms with Gasteiger partial charge < -0.3 is 10.1 Å². The van der Waals surface area contributed by atoms with Gasteiger partial charge in [0.1, 0.15) is 12.6 Å². The zero-order valence-electron chi connectivity index (χ0n) is 16.9. The molecule has 0 aliphatic rings. The second kappa shape index (κ2) is 11.2. The molecular weight excluding hydrogens is 394 g/mol. The van der Waals surface area contributed by atoms with Gasteiger partial charge in [0.05, 0.1) is 0 Å². The van der Waals surface area contributed by atoms with Crippen molar-refractivity contribution in [3.63, 3.8) is 0 Å². The van der Waals surface area contributed by atoms with E-state index >= 15 is 0 Å². The zero-order valence-corrected chi connectivity index (χ0v) is 17.7. The summed E-state index contributed by atoms with van der Waals surface area (Å²) < 4.78 is 5.32. The number of amides is 1. The first kappa shape index (κ1) is 21.7. The second-order valence-corrected chi connectivity index (χ2v) is 8.09. The number of hydrogen-bond donors (Lipinski definition) is 1. The molecule has 5 heteroatoms. The van der Waals surface area contributed by atoms with Gasteiger partial charge in [-0.1, -0.05) is 78.4 Å². The quantitative estimate of drug-likeness (QED) is 0.487. The van der Waals surface area contributed by atoms with Crippen LogP contribution in [0.4, 0.5) is 4.79 Å². The molecule has 4 nitrogen and oxygen atoms in total. The van der Waals surface area contributed by atoms with Gasteiger partial charge in [-0.25, -0.2) is 4.79 Å². The molecule has 3 aromatic carbocycles. The third-order valence-electron chi connectivity index (χ3n) is 4.59. The molecule has 0 radical (unpaired) electrons. The molecule has 3 rings (SSSR count). The van der Waals surface area contributed by atoms with Gasteiger partial charge in [-0.3, -0.25) is 4.79 Å². The fourth-order valence-corrected chi connectivity index (χ4v) is 3.73. The number of carbonyl (C=O) groups is 2. The maximum atomic E-state index is 12.9. The van der Waals surface area contributed by atoms with Crippen LogP contribution in [-0.2, 0) is 22.6 Å². The van der Waals surface area contributed by atoms with Crippen molar-refractivity contribution in [1.82, 2.24) is 5.32 Å². The van der Waals surface area contributed by atoms with Crippen LogP contribution in [-0.4, -0.2) is 17.3 Å². The minimum Gasteiger partial charge on any atom is -0.445 e. The van der Waals surface area contributed by atoms with Gasteiger partial charge in [0.15, 0.2) is 0 Å². The Morgan fingerprint density at radius 3 is 2.10 bits per heavy atom. The van der Waals surface area contributed by atoms with E-state index in [-0.39, 0.29) is 11.7 Å². The van der Waals surface area contributed by atoms with Crippen LogP contribution >= 0.6 is 11.8 Å². The number of benzene rings is 3. The Hall–Kier alpha value is -3.05. The Bertz CT molecular complexity index is 943. The SMILES string of the molecule is Cc1ccc(SC(=O)C(CCc2ccccc2)NC(=O)OCc2ccccc2)cc1. The highest BCUT2D eigenvalue weighted by Gasteiger charge is 2.22. The summed E-state index contributed by atoms with van der Waals surface area (Å²) in [5, 5.41) is 2.65. The lowest BCUT2D eigenvalue weighted by Crippen LogP contribution is -2.40. The smallest absolute Gasteiger partial charge is 0.408 e. The number of thioether (sulfide) groups is 1. The number of ether oxygens (including phenoxy) is 1. The van der Waals surface area contributed by atoms with Crippen LogP contribution < -0.4 is 5.32 Å². The maximum Gasteiger partial charge on any atom is 0.408 e. The minimum absolute atomic E-state index is 0.105. The molecule has 1 amide bonds. The lowest BCUT2D eigenvalue weighted by atomic mass is 10.1. The summed E-state index contributed by atoms with van der Waals surface area (Å²) in [6.07, 6.45) is 0.599. The number of aryl methyl sites for hydroxylation is 2. The summed E-state index contributed by atoms with van der Waals surface area (Å²) in [7, 11) is 0. The summed E-state index contributed by atoms with van der Waals surface area (Å²) in [5.41, 5.74) is 3.15. The molecule has 0 heterocycles. The van der Waals surface area contributed by atoms with Crippen LogP contribution in [0.1, 0.15) is 23.1 Å². The van der Waals surface area contributed by atoms with Crippen molar-refractivity contribution in [3.8, 4) is 0 Å². The van der Waals surface area contributed by atoms with E-state index in [1.54, 1.807) is 0 Å². The summed E-state index contributed by atoms with van der Waals surface area (Å²) in [6.45, 7) is 2.17. The van der Waals surface area contributed by atoms with Crippen molar-refractivity contribution in [3.05, 3.63) is 102 Å². The summed E-state index contributed by atoms with van der Waals surface area (Å²) in [4.78, 5) is 26.1. The first-order valence-corrected chi connectivity index (χ1v) is 10.7. The van der Waals surface area contributed by atoms with Crippen LogP contribution in [0.2, 0.25) is 0 Å². The first-order chi connectivity index (χ1) is 14.6. The predicted molar refractivity (Wildman–Crippen MR) is 120 cm³/mol. The Morgan fingerprint density at radius 1 is 0.867 bits per heavy atom. The summed E-state index contributed by atoms with van der Waals surface area (Å²) >= 11 is 1.14. The topological polar surface area (TPSA) is 55.4 Å². The van der Waals surface area contributed by atoms with E-state index in [1.165, 1.54) is 0 Å². The van der Waals surface area contributed by atoms with E-state index in [0.29, 0.717) is 12.8 Å². The Balaban J connectivity index is 1.62. The van der Waals surface area contributed by atoms with Crippen LogP contribution in [0.3, 0.4) is 0 Å².